The molecule has 2 heterocycles. The highest BCUT2D eigenvalue weighted by Gasteiger charge is 2.37. The molecule has 0 aliphatic carbocycles. The molecule has 15 heteroatoms. The maximum absolute atomic E-state index is 13.1. The number of hydrogen-bond donors (Lipinski definition) is 1. The van der Waals surface area contributed by atoms with Crippen LogP contribution in [0.1, 0.15) is 50.8 Å². The Bertz CT molecular complexity index is 1200. The van der Waals surface area contributed by atoms with Crippen molar-refractivity contribution in [2.45, 2.75) is 25.3 Å². The van der Waals surface area contributed by atoms with Gasteiger partial charge in [0.25, 0.3) is 11.8 Å². The van der Waals surface area contributed by atoms with Gasteiger partial charge in [-0.25, -0.2) is 15.0 Å². The number of benzene rings is 1. The first-order chi connectivity index (χ1) is 16.2. The lowest BCUT2D eigenvalue weighted by atomic mass is 10.0. The highest BCUT2D eigenvalue weighted by Crippen LogP contribution is 2.36. The second-order valence-corrected chi connectivity index (χ2v) is 7.48. The molecule has 0 spiro atoms. The Balaban J connectivity index is 1.87. The highest BCUT2D eigenvalue weighted by atomic mass is 19.4. The summed E-state index contributed by atoms with van der Waals surface area (Å²) in [6.07, 6.45) is -6.69. The first-order valence-corrected chi connectivity index (χ1v) is 9.73. The van der Waals surface area contributed by atoms with Crippen molar-refractivity contribution in [1.29, 1.82) is 0 Å². The summed E-state index contributed by atoms with van der Waals surface area (Å²) in [7, 11) is 3.06. The topological polar surface area (TPSA) is 106 Å². The minimum Gasteiger partial charge on any atom is -0.343 e. The van der Waals surface area contributed by atoms with Gasteiger partial charge >= 0.3 is 12.4 Å². The van der Waals surface area contributed by atoms with Crippen molar-refractivity contribution in [2.24, 2.45) is 0 Å². The number of aromatic nitrogens is 5. The van der Waals surface area contributed by atoms with E-state index in [2.05, 4.69) is 25.4 Å². The predicted molar refractivity (Wildman–Crippen MR) is 107 cm³/mol. The maximum Gasteiger partial charge on any atom is 0.416 e. The zero-order valence-corrected chi connectivity index (χ0v) is 18.3. The fourth-order valence-corrected chi connectivity index (χ4v) is 2.92. The molecule has 35 heavy (non-hydrogen) atoms. The standard InChI is InChI=1S/C20H17F6N7O2/c1-10(16-29-9-30-33(16)15-8-27-14(7-28-15)18(35)32(2)3)31-17(34)11-4-12(19(21,22)23)6-13(5-11)20(24,25)26/h4-10H,1-3H3,(H,31,34)/t10-/m0/s1. The first-order valence-electron chi connectivity index (χ1n) is 9.73. The van der Waals surface area contributed by atoms with E-state index in [1.54, 1.807) is 0 Å². The first kappa shape index (κ1) is 25.6. The van der Waals surface area contributed by atoms with Gasteiger partial charge in [0.2, 0.25) is 0 Å². The molecule has 0 aliphatic heterocycles. The molecule has 0 aliphatic rings. The van der Waals surface area contributed by atoms with Crippen LogP contribution >= 0.6 is 0 Å². The lowest BCUT2D eigenvalue weighted by molar-refractivity contribution is -0.143. The van der Waals surface area contributed by atoms with Crippen LogP contribution in [0.15, 0.2) is 36.9 Å². The van der Waals surface area contributed by atoms with E-state index >= 15 is 0 Å². The number of halogens is 6. The molecule has 0 fully saturated rings. The summed E-state index contributed by atoms with van der Waals surface area (Å²) in [5, 5.41) is 6.25. The van der Waals surface area contributed by atoms with Crippen LogP contribution in [0.25, 0.3) is 5.82 Å². The Morgan fingerprint density at radius 1 is 0.943 bits per heavy atom. The molecular weight excluding hydrogens is 484 g/mol. The number of nitrogens with zero attached hydrogens (tertiary/aromatic N) is 6. The number of amides is 2. The molecule has 0 unspecified atom stereocenters. The number of alkyl halides is 6. The van der Waals surface area contributed by atoms with Crippen LogP contribution < -0.4 is 5.32 Å². The summed E-state index contributed by atoms with van der Waals surface area (Å²) in [6, 6.07) is -0.430. The third-order valence-corrected chi connectivity index (χ3v) is 4.64. The minimum absolute atomic E-state index is 0.0479. The molecule has 1 N–H and O–H groups in total. The van der Waals surface area contributed by atoms with Crippen LogP contribution in [-0.2, 0) is 12.4 Å². The molecule has 1 atom stereocenters. The largest absolute Gasteiger partial charge is 0.416 e. The van der Waals surface area contributed by atoms with Crippen molar-refractivity contribution in [2.75, 3.05) is 14.1 Å². The molecule has 1 aromatic carbocycles. The van der Waals surface area contributed by atoms with Crippen molar-refractivity contribution < 1.29 is 35.9 Å². The van der Waals surface area contributed by atoms with Crippen molar-refractivity contribution >= 4 is 11.8 Å². The molecule has 3 rings (SSSR count). The SMILES string of the molecule is C[C@H](NC(=O)c1cc(C(F)(F)F)cc(C(F)(F)F)c1)c1ncnn1-c1cnc(C(=O)N(C)C)cn1. The van der Waals surface area contributed by atoms with Crippen molar-refractivity contribution in [3.05, 3.63) is 65.1 Å². The summed E-state index contributed by atoms with van der Waals surface area (Å²) in [5.74, 6) is -1.43. The fraction of sp³-hybridized carbons (Fsp3) is 0.300. The van der Waals surface area contributed by atoms with Crippen LogP contribution in [0.5, 0.6) is 0 Å². The number of carbonyl (C=O) groups excluding carboxylic acids is 2. The van der Waals surface area contributed by atoms with Crippen molar-refractivity contribution in [3.63, 3.8) is 0 Å². The average Bonchev–Trinajstić information content (AvgIpc) is 3.27. The Hall–Kier alpha value is -4.04. The predicted octanol–water partition coefficient (Wildman–Crippen LogP) is 3.29. The van der Waals surface area contributed by atoms with E-state index < -0.39 is 46.9 Å². The second kappa shape index (κ2) is 9.31. The van der Waals surface area contributed by atoms with E-state index in [1.807, 2.05) is 0 Å². The lowest BCUT2D eigenvalue weighted by Crippen LogP contribution is -2.29. The van der Waals surface area contributed by atoms with Gasteiger partial charge < -0.3 is 10.2 Å². The summed E-state index contributed by atoms with van der Waals surface area (Å²) < 4.78 is 79.7. The Morgan fingerprint density at radius 3 is 2.03 bits per heavy atom. The van der Waals surface area contributed by atoms with Crippen molar-refractivity contribution in [3.8, 4) is 5.82 Å². The van der Waals surface area contributed by atoms with E-state index in [9.17, 15) is 35.9 Å². The van der Waals surface area contributed by atoms with Gasteiger partial charge in [-0.3, -0.25) is 9.59 Å². The van der Waals surface area contributed by atoms with Crippen LogP contribution in [0.2, 0.25) is 0 Å². The molecular formula is C20H17F6N7O2. The molecule has 3 aromatic rings. The number of hydrogen-bond acceptors (Lipinski definition) is 6. The monoisotopic (exact) mass is 501 g/mol. The molecule has 2 amide bonds. The number of carbonyl (C=O) groups is 2. The molecule has 9 nitrogen and oxygen atoms in total. The Labute approximate surface area is 193 Å². The van der Waals surface area contributed by atoms with Crippen LogP contribution in [0.3, 0.4) is 0 Å². The van der Waals surface area contributed by atoms with Crippen LogP contribution in [0, 0.1) is 0 Å². The van der Waals surface area contributed by atoms with Gasteiger partial charge in [0.15, 0.2) is 11.6 Å². The second-order valence-electron chi connectivity index (χ2n) is 7.48. The Morgan fingerprint density at radius 2 is 1.54 bits per heavy atom. The molecule has 0 saturated heterocycles. The highest BCUT2D eigenvalue weighted by molar-refractivity contribution is 5.95. The van der Waals surface area contributed by atoms with E-state index in [1.165, 1.54) is 38.3 Å². The van der Waals surface area contributed by atoms with Gasteiger partial charge in [-0.15, -0.1) is 0 Å². The van der Waals surface area contributed by atoms with Crippen LogP contribution in [0.4, 0.5) is 26.3 Å². The third-order valence-electron chi connectivity index (χ3n) is 4.64. The van der Waals surface area contributed by atoms with Crippen LogP contribution in [-0.4, -0.2) is 55.5 Å². The lowest BCUT2D eigenvalue weighted by Gasteiger charge is -2.17. The van der Waals surface area contributed by atoms with Gasteiger partial charge in [-0.05, 0) is 25.1 Å². The Kier molecular flexibility index (Phi) is 6.80. The van der Waals surface area contributed by atoms with Crippen molar-refractivity contribution in [1.82, 2.24) is 34.9 Å². The number of nitrogens with one attached hydrogen (secondary N) is 1. The van der Waals surface area contributed by atoms with E-state index in [-0.39, 0.29) is 23.4 Å². The smallest absolute Gasteiger partial charge is 0.343 e. The van der Waals surface area contributed by atoms with Gasteiger partial charge in [-0.1, -0.05) is 0 Å². The normalized spacial score (nSPS) is 12.8. The molecule has 0 radical (unpaired) electrons. The van der Waals surface area contributed by atoms with Gasteiger partial charge in [-0.2, -0.15) is 36.1 Å². The summed E-state index contributed by atoms with van der Waals surface area (Å²) in [5.41, 5.74) is -4.02. The summed E-state index contributed by atoms with van der Waals surface area (Å²) >= 11 is 0. The number of rotatable bonds is 5. The van der Waals surface area contributed by atoms with E-state index in [0.29, 0.717) is 12.1 Å². The quantitative estimate of drug-likeness (QED) is 0.538. The van der Waals surface area contributed by atoms with Gasteiger partial charge in [0.05, 0.1) is 29.6 Å². The zero-order valence-electron chi connectivity index (χ0n) is 18.3. The summed E-state index contributed by atoms with van der Waals surface area (Å²) in [6.45, 7) is 1.40. The molecule has 186 valence electrons. The van der Waals surface area contributed by atoms with E-state index in [0.717, 1.165) is 11.0 Å². The molecule has 0 bridgehead atoms. The van der Waals surface area contributed by atoms with Gasteiger partial charge in [0.1, 0.15) is 12.0 Å². The third kappa shape index (κ3) is 5.73. The molecule has 2 aromatic heterocycles. The maximum atomic E-state index is 13.1. The fourth-order valence-electron chi connectivity index (χ4n) is 2.92. The minimum atomic E-state index is -5.10. The van der Waals surface area contributed by atoms with Gasteiger partial charge in [0, 0.05) is 19.7 Å². The summed E-state index contributed by atoms with van der Waals surface area (Å²) in [4.78, 5) is 37.8. The zero-order chi connectivity index (χ0) is 26.1. The molecule has 0 saturated carbocycles. The average molecular weight is 501 g/mol. The van der Waals surface area contributed by atoms with E-state index in [4.69, 9.17) is 0 Å².